The van der Waals surface area contributed by atoms with Gasteiger partial charge >= 0.3 is 5.97 Å². The van der Waals surface area contributed by atoms with E-state index in [4.69, 9.17) is 5.11 Å². The number of rotatable bonds is 5. The number of carbonyl (C=O) groups is 2. The number of anilines is 1. The second-order valence-electron chi connectivity index (χ2n) is 4.38. The third-order valence-electron chi connectivity index (χ3n) is 2.59. The number of hydrogen-bond donors (Lipinski definition) is 2. The fraction of sp³-hybridized carbons (Fsp3) is 0.133. The minimum atomic E-state index is -0.905. The predicted molar refractivity (Wildman–Crippen MR) is 82.3 cm³/mol. The molecule has 6 heteroatoms. The van der Waals surface area contributed by atoms with E-state index in [9.17, 15) is 9.59 Å². The lowest BCUT2D eigenvalue weighted by Gasteiger charge is -2.04. The van der Waals surface area contributed by atoms with Crippen LogP contribution < -0.4 is 5.32 Å². The molecule has 0 aliphatic heterocycles. The van der Waals surface area contributed by atoms with Crippen molar-refractivity contribution in [2.45, 2.75) is 13.3 Å². The van der Waals surface area contributed by atoms with E-state index < -0.39 is 5.97 Å². The average molecular weight is 302 g/mol. The fourth-order valence-electron chi connectivity index (χ4n) is 1.74. The predicted octanol–water partition coefficient (Wildman–Crippen LogP) is 2.73. The molecule has 21 heavy (non-hydrogen) atoms. The number of carbonyl (C=O) groups excluding carboxylic acids is 1. The number of aryl methyl sites for hydroxylation is 1. The minimum Gasteiger partial charge on any atom is -0.481 e. The summed E-state index contributed by atoms with van der Waals surface area (Å²) in [5.74, 6) is -1.19. The Kier molecular flexibility index (Phi) is 4.84. The van der Waals surface area contributed by atoms with Crippen LogP contribution >= 0.6 is 11.3 Å². The molecule has 0 fully saturated rings. The zero-order valence-electron chi connectivity index (χ0n) is 11.4. The van der Waals surface area contributed by atoms with Gasteiger partial charge in [0.05, 0.1) is 17.1 Å². The fourth-order valence-corrected chi connectivity index (χ4v) is 2.32. The summed E-state index contributed by atoms with van der Waals surface area (Å²) in [4.78, 5) is 26.7. The number of nitrogens with zero attached hydrogens (tertiary/aromatic N) is 1. The zero-order chi connectivity index (χ0) is 15.2. The lowest BCUT2D eigenvalue weighted by Crippen LogP contribution is -2.08. The van der Waals surface area contributed by atoms with Gasteiger partial charge in [-0.2, -0.15) is 0 Å². The van der Waals surface area contributed by atoms with E-state index in [2.05, 4.69) is 10.3 Å². The highest BCUT2D eigenvalue weighted by Crippen LogP contribution is 2.12. The van der Waals surface area contributed by atoms with Crippen molar-refractivity contribution in [1.29, 1.82) is 0 Å². The van der Waals surface area contributed by atoms with Crippen molar-refractivity contribution in [3.8, 4) is 0 Å². The van der Waals surface area contributed by atoms with E-state index >= 15 is 0 Å². The van der Waals surface area contributed by atoms with Gasteiger partial charge in [0.25, 0.3) is 0 Å². The van der Waals surface area contributed by atoms with E-state index in [1.165, 1.54) is 17.4 Å². The van der Waals surface area contributed by atoms with Gasteiger partial charge in [-0.3, -0.25) is 9.59 Å². The number of thiazole rings is 1. The standard InChI is InChI=1S/C15H14N2O3S/c1-10-16-13(9-21-10)5-6-14(18)17-12-4-2-3-11(7-12)8-15(19)20/h2-7,9H,8H2,1H3,(H,17,18)(H,19,20). The lowest BCUT2D eigenvalue weighted by molar-refractivity contribution is -0.136. The van der Waals surface area contributed by atoms with Crippen LogP contribution in [0.2, 0.25) is 0 Å². The van der Waals surface area contributed by atoms with Crippen LogP contribution in [0.3, 0.4) is 0 Å². The molecule has 1 heterocycles. The van der Waals surface area contributed by atoms with Crippen LogP contribution in [0.5, 0.6) is 0 Å². The van der Waals surface area contributed by atoms with E-state index in [1.54, 1.807) is 30.3 Å². The van der Waals surface area contributed by atoms with Crippen LogP contribution in [0.4, 0.5) is 5.69 Å². The van der Waals surface area contributed by atoms with Crippen molar-refractivity contribution in [3.63, 3.8) is 0 Å². The molecule has 1 amide bonds. The Morgan fingerprint density at radius 2 is 2.24 bits per heavy atom. The summed E-state index contributed by atoms with van der Waals surface area (Å²) in [5.41, 5.74) is 1.95. The van der Waals surface area contributed by atoms with E-state index in [0.717, 1.165) is 10.7 Å². The number of aromatic nitrogens is 1. The van der Waals surface area contributed by atoms with Gasteiger partial charge in [-0.25, -0.2) is 4.98 Å². The Labute approximate surface area is 126 Å². The molecule has 0 aliphatic carbocycles. The molecular formula is C15H14N2O3S. The highest BCUT2D eigenvalue weighted by atomic mass is 32.1. The van der Waals surface area contributed by atoms with E-state index in [1.807, 2.05) is 12.3 Å². The summed E-state index contributed by atoms with van der Waals surface area (Å²) in [5, 5.41) is 14.2. The molecule has 108 valence electrons. The molecule has 0 radical (unpaired) electrons. The van der Waals surface area contributed by atoms with E-state index in [0.29, 0.717) is 11.3 Å². The van der Waals surface area contributed by atoms with Crippen molar-refractivity contribution in [2.75, 3.05) is 5.32 Å². The Morgan fingerprint density at radius 1 is 1.43 bits per heavy atom. The molecule has 0 unspecified atom stereocenters. The van der Waals surface area contributed by atoms with Crippen molar-refractivity contribution in [1.82, 2.24) is 4.98 Å². The number of hydrogen-bond acceptors (Lipinski definition) is 4. The van der Waals surface area contributed by atoms with Gasteiger partial charge in [0.15, 0.2) is 0 Å². The zero-order valence-corrected chi connectivity index (χ0v) is 12.2. The van der Waals surface area contributed by atoms with Crippen molar-refractivity contribution in [3.05, 3.63) is 52.0 Å². The average Bonchev–Trinajstić information content (AvgIpc) is 2.82. The molecule has 2 aromatic rings. The number of benzene rings is 1. The minimum absolute atomic E-state index is 0.0718. The Bertz CT molecular complexity index is 692. The number of amides is 1. The van der Waals surface area contributed by atoms with Crippen LogP contribution in [-0.2, 0) is 16.0 Å². The molecule has 0 atom stereocenters. The first-order valence-electron chi connectivity index (χ1n) is 6.25. The van der Waals surface area contributed by atoms with Gasteiger partial charge in [0.2, 0.25) is 5.91 Å². The Morgan fingerprint density at radius 3 is 2.90 bits per heavy atom. The largest absolute Gasteiger partial charge is 0.481 e. The quantitative estimate of drug-likeness (QED) is 0.832. The number of carboxylic acid groups (broad SMARTS) is 1. The lowest BCUT2D eigenvalue weighted by atomic mass is 10.1. The second-order valence-corrected chi connectivity index (χ2v) is 5.45. The molecule has 0 spiro atoms. The summed E-state index contributed by atoms with van der Waals surface area (Å²) < 4.78 is 0. The first kappa shape index (κ1) is 14.9. The molecule has 5 nitrogen and oxygen atoms in total. The molecule has 0 bridgehead atoms. The molecule has 2 rings (SSSR count). The monoisotopic (exact) mass is 302 g/mol. The summed E-state index contributed by atoms with van der Waals surface area (Å²) in [7, 11) is 0. The van der Waals surface area contributed by atoms with Crippen LogP contribution in [0, 0.1) is 6.92 Å². The van der Waals surface area contributed by atoms with Crippen LogP contribution in [0.25, 0.3) is 6.08 Å². The summed E-state index contributed by atoms with van der Waals surface area (Å²) in [6, 6.07) is 6.77. The number of carboxylic acids is 1. The SMILES string of the molecule is Cc1nc(C=CC(=O)Nc2cccc(CC(=O)O)c2)cs1. The maximum Gasteiger partial charge on any atom is 0.307 e. The molecular weight excluding hydrogens is 288 g/mol. The van der Waals surface area contributed by atoms with Crippen LogP contribution in [0.15, 0.2) is 35.7 Å². The van der Waals surface area contributed by atoms with Gasteiger partial charge in [0, 0.05) is 17.1 Å². The van der Waals surface area contributed by atoms with Gasteiger partial charge in [-0.15, -0.1) is 11.3 Å². The summed E-state index contributed by atoms with van der Waals surface area (Å²) in [6.07, 6.45) is 2.97. The topological polar surface area (TPSA) is 79.3 Å². The normalized spacial score (nSPS) is 10.7. The summed E-state index contributed by atoms with van der Waals surface area (Å²) >= 11 is 1.52. The van der Waals surface area contributed by atoms with Gasteiger partial charge in [-0.05, 0) is 30.7 Å². The molecule has 0 aliphatic rings. The number of nitrogens with one attached hydrogen (secondary N) is 1. The van der Waals surface area contributed by atoms with Gasteiger partial charge in [-0.1, -0.05) is 12.1 Å². The smallest absolute Gasteiger partial charge is 0.307 e. The van der Waals surface area contributed by atoms with Crippen molar-refractivity contribution >= 4 is 35.0 Å². The molecule has 0 saturated heterocycles. The Balaban J connectivity index is 1.99. The third-order valence-corrected chi connectivity index (χ3v) is 3.38. The first-order valence-corrected chi connectivity index (χ1v) is 7.13. The molecule has 2 N–H and O–H groups in total. The highest BCUT2D eigenvalue weighted by molar-refractivity contribution is 7.09. The molecule has 1 aromatic carbocycles. The third kappa shape index (κ3) is 4.85. The Hall–Kier alpha value is -2.47. The van der Waals surface area contributed by atoms with Crippen molar-refractivity contribution in [2.24, 2.45) is 0 Å². The van der Waals surface area contributed by atoms with Crippen LogP contribution in [-0.4, -0.2) is 22.0 Å². The second kappa shape index (κ2) is 6.81. The highest BCUT2D eigenvalue weighted by Gasteiger charge is 2.03. The van der Waals surface area contributed by atoms with Crippen molar-refractivity contribution < 1.29 is 14.7 Å². The maximum absolute atomic E-state index is 11.8. The van der Waals surface area contributed by atoms with Gasteiger partial charge < -0.3 is 10.4 Å². The molecule has 0 saturated carbocycles. The first-order chi connectivity index (χ1) is 10.0. The van der Waals surface area contributed by atoms with Crippen LogP contribution in [0.1, 0.15) is 16.3 Å². The van der Waals surface area contributed by atoms with E-state index in [-0.39, 0.29) is 12.3 Å². The molecule has 1 aromatic heterocycles. The van der Waals surface area contributed by atoms with Gasteiger partial charge in [0.1, 0.15) is 0 Å². The summed E-state index contributed by atoms with van der Waals surface area (Å²) in [6.45, 7) is 1.90. The maximum atomic E-state index is 11.8. The number of aliphatic carboxylic acids is 1.